The molecule has 7 nitrogen and oxygen atoms in total. The Hall–Kier alpha value is -3.45. The number of hydrogen-bond donors (Lipinski definition) is 3. The van der Waals surface area contributed by atoms with Gasteiger partial charge in [0.2, 0.25) is 0 Å². The van der Waals surface area contributed by atoms with Crippen molar-refractivity contribution in [2.45, 2.75) is 25.7 Å². The maximum Gasteiger partial charge on any atom is 0.170 e. The van der Waals surface area contributed by atoms with Gasteiger partial charge in [0.25, 0.3) is 0 Å². The number of hydrogen-bond acceptors (Lipinski definition) is 5. The van der Waals surface area contributed by atoms with Crippen LogP contribution in [0.5, 0.6) is 0 Å². The summed E-state index contributed by atoms with van der Waals surface area (Å²) in [5.74, 6) is 0.329. The lowest BCUT2D eigenvalue weighted by atomic mass is 9.91. The number of aromatic amines is 1. The molecular formula is C23H26N6O. The van der Waals surface area contributed by atoms with Crippen LogP contribution in [0.4, 0.5) is 5.69 Å². The van der Waals surface area contributed by atoms with Crippen molar-refractivity contribution in [1.82, 2.24) is 10.2 Å². The number of amidine groups is 1. The third-order valence-electron chi connectivity index (χ3n) is 5.09. The third kappa shape index (κ3) is 4.58. The van der Waals surface area contributed by atoms with Gasteiger partial charge in [0, 0.05) is 23.1 Å². The zero-order valence-corrected chi connectivity index (χ0v) is 16.8. The monoisotopic (exact) mass is 402 g/mol. The third-order valence-corrected chi connectivity index (χ3v) is 5.09. The van der Waals surface area contributed by atoms with E-state index in [1.54, 1.807) is 0 Å². The number of aliphatic imine (C=N–C) groups is 1. The van der Waals surface area contributed by atoms with E-state index < -0.39 is 0 Å². The highest BCUT2D eigenvalue weighted by atomic mass is 16.6. The standard InChI is InChI=1S/C23H26N6O/c24-12-13-30-29-23(25)18-8-6-17(7-9-18)22(16-4-2-1-3-5-16)27-20-10-11-21-19(14-20)15-26-28-21/h4,6-11,14-15H,1-3,5,12-13,24H2,(H2,25,29)(H,26,28). The second-order valence-corrected chi connectivity index (χ2v) is 7.25. The fourth-order valence-corrected chi connectivity index (χ4v) is 3.52. The van der Waals surface area contributed by atoms with E-state index in [0.717, 1.165) is 46.3 Å². The largest absolute Gasteiger partial charge is 0.393 e. The van der Waals surface area contributed by atoms with Crippen molar-refractivity contribution in [3.8, 4) is 0 Å². The van der Waals surface area contributed by atoms with Gasteiger partial charge in [-0.1, -0.05) is 35.5 Å². The average molecular weight is 403 g/mol. The maximum atomic E-state index is 6.00. The van der Waals surface area contributed by atoms with E-state index in [1.807, 2.05) is 42.6 Å². The molecule has 1 heterocycles. The number of oxime groups is 1. The fourth-order valence-electron chi connectivity index (χ4n) is 3.52. The summed E-state index contributed by atoms with van der Waals surface area (Å²) in [6, 6.07) is 14.0. The summed E-state index contributed by atoms with van der Waals surface area (Å²) < 4.78 is 0. The molecule has 0 amide bonds. The first kappa shape index (κ1) is 19.8. The lowest BCUT2D eigenvalue weighted by Gasteiger charge is -2.16. The quantitative estimate of drug-likeness (QED) is 0.241. The molecule has 0 radical (unpaired) electrons. The minimum atomic E-state index is 0.329. The van der Waals surface area contributed by atoms with Crippen molar-refractivity contribution in [2.24, 2.45) is 21.6 Å². The Morgan fingerprint density at radius 3 is 2.70 bits per heavy atom. The van der Waals surface area contributed by atoms with E-state index in [-0.39, 0.29) is 0 Å². The number of rotatable bonds is 7. The second kappa shape index (κ2) is 9.37. The first-order chi connectivity index (χ1) is 14.7. The SMILES string of the molecule is NCCO/N=C(\N)c1ccc(C(=Nc2ccc3[nH]ncc3c2)C2=CCCCC2)cc1. The van der Waals surface area contributed by atoms with Gasteiger partial charge in [-0.25, -0.2) is 4.99 Å². The highest BCUT2D eigenvalue weighted by Crippen LogP contribution is 2.26. The summed E-state index contributed by atoms with van der Waals surface area (Å²) in [5, 5.41) is 12.0. The van der Waals surface area contributed by atoms with Gasteiger partial charge in [-0.2, -0.15) is 5.10 Å². The van der Waals surface area contributed by atoms with Crippen molar-refractivity contribution < 1.29 is 4.84 Å². The molecule has 1 aliphatic carbocycles. The summed E-state index contributed by atoms with van der Waals surface area (Å²) in [6.45, 7) is 0.736. The summed E-state index contributed by atoms with van der Waals surface area (Å²) in [7, 11) is 0. The molecule has 0 atom stereocenters. The minimum Gasteiger partial charge on any atom is -0.393 e. The van der Waals surface area contributed by atoms with Gasteiger partial charge >= 0.3 is 0 Å². The Morgan fingerprint density at radius 1 is 1.10 bits per heavy atom. The fraction of sp³-hybridized carbons (Fsp3) is 0.261. The van der Waals surface area contributed by atoms with Gasteiger partial charge in [-0.3, -0.25) is 5.10 Å². The molecular weight excluding hydrogens is 376 g/mol. The molecule has 0 spiro atoms. The average Bonchev–Trinajstić information content (AvgIpc) is 3.26. The van der Waals surface area contributed by atoms with Crippen LogP contribution >= 0.6 is 0 Å². The van der Waals surface area contributed by atoms with E-state index in [4.69, 9.17) is 21.3 Å². The highest BCUT2D eigenvalue weighted by molar-refractivity contribution is 6.14. The zero-order valence-electron chi connectivity index (χ0n) is 16.8. The van der Waals surface area contributed by atoms with Crippen molar-refractivity contribution in [2.75, 3.05) is 13.2 Å². The molecule has 1 aliphatic rings. The minimum absolute atomic E-state index is 0.329. The number of allylic oxidation sites excluding steroid dienone is 2. The Balaban J connectivity index is 1.67. The molecule has 7 heteroatoms. The molecule has 0 saturated heterocycles. The van der Waals surface area contributed by atoms with Gasteiger partial charge in [0.15, 0.2) is 5.84 Å². The molecule has 0 fully saturated rings. The number of nitrogens with two attached hydrogens (primary N) is 2. The van der Waals surface area contributed by atoms with E-state index in [2.05, 4.69) is 27.5 Å². The van der Waals surface area contributed by atoms with Gasteiger partial charge < -0.3 is 16.3 Å². The van der Waals surface area contributed by atoms with Crippen LogP contribution < -0.4 is 11.5 Å². The van der Waals surface area contributed by atoms with E-state index in [1.165, 1.54) is 18.4 Å². The summed E-state index contributed by atoms with van der Waals surface area (Å²) in [6.07, 6.45) is 8.66. The Bertz CT molecular complexity index is 1090. The van der Waals surface area contributed by atoms with Gasteiger partial charge in [-0.15, -0.1) is 0 Å². The lowest BCUT2D eigenvalue weighted by Crippen LogP contribution is -2.16. The van der Waals surface area contributed by atoms with Crippen LogP contribution in [0.1, 0.15) is 36.8 Å². The van der Waals surface area contributed by atoms with E-state index >= 15 is 0 Å². The number of H-pyrrole nitrogens is 1. The lowest BCUT2D eigenvalue weighted by molar-refractivity contribution is 0.152. The van der Waals surface area contributed by atoms with Gasteiger partial charge in [0.1, 0.15) is 6.61 Å². The predicted octanol–water partition coefficient (Wildman–Crippen LogP) is 3.78. The van der Waals surface area contributed by atoms with Crippen molar-refractivity contribution in [1.29, 1.82) is 0 Å². The van der Waals surface area contributed by atoms with E-state index in [9.17, 15) is 0 Å². The van der Waals surface area contributed by atoms with Crippen LogP contribution in [0.15, 0.2) is 70.5 Å². The zero-order chi connectivity index (χ0) is 20.8. The summed E-state index contributed by atoms with van der Waals surface area (Å²) >= 11 is 0. The Labute approximate surface area is 175 Å². The van der Waals surface area contributed by atoms with Crippen LogP contribution in [0.2, 0.25) is 0 Å². The number of nitrogens with zero attached hydrogens (tertiary/aromatic N) is 3. The number of nitrogens with one attached hydrogen (secondary N) is 1. The molecule has 0 saturated carbocycles. The highest BCUT2D eigenvalue weighted by Gasteiger charge is 2.14. The van der Waals surface area contributed by atoms with Crippen LogP contribution in [-0.2, 0) is 4.84 Å². The van der Waals surface area contributed by atoms with Crippen LogP contribution in [0, 0.1) is 0 Å². The first-order valence-corrected chi connectivity index (χ1v) is 10.2. The molecule has 0 unspecified atom stereocenters. The maximum absolute atomic E-state index is 6.00. The van der Waals surface area contributed by atoms with Crippen molar-refractivity contribution >= 4 is 28.1 Å². The Kier molecular flexibility index (Phi) is 6.20. The Morgan fingerprint density at radius 2 is 1.93 bits per heavy atom. The molecule has 4 rings (SSSR count). The molecule has 30 heavy (non-hydrogen) atoms. The topological polar surface area (TPSA) is 115 Å². The summed E-state index contributed by atoms with van der Waals surface area (Å²) in [5.41, 5.74) is 17.5. The molecule has 1 aromatic heterocycles. The second-order valence-electron chi connectivity index (χ2n) is 7.25. The molecule has 0 aliphatic heterocycles. The van der Waals surface area contributed by atoms with Crippen molar-refractivity contribution in [3.05, 3.63) is 71.4 Å². The summed E-state index contributed by atoms with van der Waals surface area (Å²) in [4.78, 5) is 10.1. The van der Waals surface area contributed by atoms with E-state index in [0.29, 0.717) is 19.0 Å². The molecule has 3 aromatic rings. The number of fused-ring (bicyclic) bond motifs is 1. The van der Waals surface area contributed by atoms with Crippen LogP contribution in [0.25, 0.3) is 10.9 Å². The number of aromatic nitrogens is 2. The molecule has 0 bridgehead atoms. The molecule has 154 valence electrons. The molecule has 5 N–H and O–H groups in total. The van der Waals surface area contributed by atoms with Gasteiger partial charge in [-0.05, 0) is 49.5 Å². The smallest absolute Gasteiger partial charge is 0.170 e. The van der Waals surface area contributed by atoms with Crippen LogP contribution in [-0.4, -0.2) is 34.9 Å². The number of benzene rings is 2. The predicted molar refractivity (Wildman–Crippen MR) is 121 cm³/mol. The van der Waals surface area contributed by atoms with Gasteiger partial charge in [0.05, 0.1) is 23.1 Å². The first-order valence-electron chi connectivity index (χ1n) is 10.2. The normalized spacial score (nSPS) is 15.3. The molecule has 2 aromatic carbocycles. The van der Waals surface area contributed by atoms with Crippen LogP contribution in [0.3, 0.4) is 0 Å². The van der Waals surface area contributed by atoms with Crippen molar-refractivity contribution in [3.63, 3.8) is 0 Å².